The molecule has 1 aromatic heterocycles. The van der Waals surface area contributed by atoms with Crippen molar-refractivity contribution < 1.29 is 4.79 Å². The van der Waals surface area contributed by atoms with Crippen LogP contribution in [0.3, 0.4) is 0 Å². The van der Waals surface area contributed by atoms with Gasteiger partial charge in [0.05, 0.1) is 5.69 Å². The van der Waals surface area contributed by atoms with E-state index in [0.29, 0.717) is 12.3 Å². The Labute approximate surface area is 92.1 Å². The molecule has 6 nitrogen and oxygen atoms in total. The normalized spacial score (nSPS) is 18.5. The maximum absolute atomic E-state index is 11.6. The molecule has 0 saturated heterocycles. The molecule has 0 spiro atoms. The number of ketones is 1. The summed E-state index contributed by atoms with van der Waals surface area (Å²) in [6, 6.07) is 3.64. The van der Waals surface area contributed by atoms with Crippen molar-refractivity contribution in [2.75, 3.05) is 0 Å². The smallest absolute Gasteiger partial charge is 0.189 e. The molecular weight excluding hydrogens is 206 g/mol. The van der Waals surface area contributed by atoms with Crippen LogP contribution in [0.4, 0.5) is 0 Å². The van der Waals surface area contributed by atoms with Crippen LogP contribution in [-0.4, -0.2) is 16.6 Å². The second-order valence-electron chi connectivity index (χ2n) is 3.79. The standard InChI is InChI=1S/C10H11N5O/c16-9-3-1-2-7-6(9)4-5-8(11-7)10-12-14-15-13-10/h4-5,14-15H,1-3H2,(H,12,13). The summed E-state index contributed by atoms with van der Waals surface area (Å²) in [5.41, 5.74) is 10.4. The van der Waals surface area contributed by atoms with Crippen LogP contribution >= 0.6 is 0 Å². The van der Waals surface area contributed by atoms with Gasteiger partial charge in [0.15, 0.2) is 11.6 Å². The van der Waals surface area contributed by atoms with E-state index in [1.54, 1.807) is 0 Å². The van der Waals surface area contributed by atoms with Gasteiger partial charge in [0.1, 0.15) is 5.69 Å². The minimum absolute atomic E-state index is 0.192. The highest BCUT2D eigenvalue weighted by atomic mass is 16.1. The molecule has 0 unspecified atom stereocenters. The third-order valence-electron chi connectivity index (χ3n) is 2.74. The van der Waals surface area contributed by atoms with Crippen LogP contribution in [0.2, 0.25) is 0 Å². The van der Waals surface area contributed by atoms with E-state index < -0.39 is 0 Å². The van der Waals surface area contributed by atoms with Crippen molar-refractivity contribution in [1.29, 1.82) is 0 Å². The molecule has 0 saturated carbocycles. The zero-order valence-electron chi connectivity index (χ0n) is 8.58. The first-order chi connectivity index (χ1) is 7.84. The molecule has 16 heavy (non-hydrogen) atoms. The molecular formula is C10H11N5O. The number of rotatable bonds is 1. The average molecular weight is 217 g/mol. The fourth-order valence-corrected chi connectivity index (χ4v) is 1.95. The summed E-state index contributed by atoms with van der Waals surface area (Å²) in [4.78, 5) is 16.1. The van der Waals surface area contributed by atoms with E-state index in [0.717, 1.165) is 29.8 Å². The Hall–Kier alpha value is -1.95. The lowest BCUT2D eigenvalue weighted by Gasteiger charge is -2.14. The number of Topliss-reactive ketones (excluding diaryl/α,β-unsaturated/α-hetero) is 1. The van der Waals surface area contributed by atoms with Crippen LogP contribution in [-0.2, 0) is 6.42 Å². The van der Waals surface area contributed by atoms with E-state index >= 15 is 0 Å². The van der Waals surface area contributed by atoms with Gasteiger partial charge in [0.2, 0.25) is 0 Å². The lowest BCUT2D eigenvalue weighted by molar-refractivity contribution is 0.0971. The van der Waals surface area contributed by atoms with Crippen molar-refractivity contribution in [3.8, 4) is 0 Å². The van der Waals surface area contributed by atoms with Gasteiger partial charge in [-0.15, -0.1) is 10.6 Å². The Balaban J connectivity index is 2.01. The van der Waals surface area contributed by atoms with Crippen molar-refractivity contribution in [3.05, 3.63) is 29.1 Å². The molecule has 0 radical (unpaired) electrons. The number of aromatic nitrogens is 1. The van der Waals surface area contributed by atoms with Gasteiger partial charge in [-0.1, -0.05) is 0 Å². The number of hydrazine groups is 2. The number of hydrogen-bond acceptors (Lipinski definition) is 6. The van der Waals surface area contributed by atoms with Gasteiger partial charge in [-0.2, -0.15) is 0 Å². The topological polar surface area (TPSA) is 78.4 Å². The molecule has 82 valence electrons. The third-order valence-corrected chi connectivity index (χ3v) is 2.74. The van der Waals surface area contributed by atoms with Gasteiger partial charge in [0, 0.05) is 12.0 Å². The van der Waals surface area contributed by atoms with Crippen molar-refractivity contribution in [3.63, 3.8) is 0 Å². The van der Waals surface area contributed by atoms with Crippen LogP contribution in [0.25, 0.3) is 0 Å². The highest BCUT2D eigenvalue weighted by Crippen LogP contribution is 2.19. The van der Waals surface area contributed by atoms with Gasteiger partial charge in [-0.05, 0) is 25.0 Å². The summed E-state index contributed by atoms with van der Waals surface area (Å²) in [5.74, 6) is 0.832. The molecule has 0 amide bonds. The zero-order valence-corrected chi connectivity index (χ0v) is 8.58. The summed E-state index contributed by atoms with van der Waals surface area (Å²) in [6.45, 7) is 0. The van der Waals surface area contributed by atoms with E-state index in [4.69, 9.17) is 0 Å². The van der Waals surface area contributed by atoms with Crippen LogP contribution in [0.15, 0.2) is 17.2 Å². The van der Waals surface area contributed by atoms with Gasteiger partial charge in [-0.3, -0.25) is 10.2 Å². The number of amidine groups is 1. The largest absolute Gasteiger partial charge is 0.294 e. The van der Waals surface area contributed by atoms with E-state index in [1.165, 1.54) is 0 Å². The molecule has 1 aliphatic carbocycles. The number of carbonyl (C=O) groups excluding carboxylic acids is 1. The molecule has 0 fully saturated rings. The minimum atomic E-state index is 0.192. The molecule has 0 atom stereocenters. The van der Waals surface area contributed by atoms with Crippen molar-refractivity contribution in [1.82, 2.24) is 21.5 Å². The monoisotopic (exact) mass is 217 g/mol. The van der Waals surface area contributed by atoms with E-state index in [2.05, 4.69) is 26.6 Å². The second-order valence-corrected chi connectivity index (χ2v) is 3.79. The average Bonchev–Trinajstić information content (AvgIpc) is 2.82. The molecule has 0 bridgehead atoms. The molecule has 1 aliphatic heterocycles. The molecule has 6 heteroatoms. The Bertz CT molecular complexity index is 482. The van der Waals surface area contributed by atoms with Crippen molar-refractivity contribution in [2.45, 2.75) is 19.3 Å². The summed E-state index contributed by atoms with van der Waals surface area (Å²) < 4.78 is 0. The number of pyridine rings is 1. The molecule has 2 aliphatic rings. The predicted octanol–water partition coefficient (Wildman–Crippen LogP) is -0.125. The molecule has 0 aromatic carbocycles. The highest BCUT2D eigenvalue weighted by molar-refractivity contribution is 6.00. The van der Waals surface area contributed by atoms with Crippen LogP contribution in [0.5, 0.6) is 0 Å². The maximum atomic E-state index is 11.6. The van der Waals surface area contributed by atoms with Gasteiger partial charge in [-0.25, -0.2) is 10.5 Å². The van der Waals surface area contributed by atoms with E-state index in [1.807, 2.05) is 12.1 Å². The number of hydrogen-bond donors (Lipinski definition) is 3. The van der Waals surface area contributed by atoms with Gasteiger partial charge >= 0.3 is 0 Å². The third kappa shape index (κ3) is 1.43. The summed E-state index contributed by atoms with van der Waals surface area (Å²) in [6.07, 6.45) is 2.39. The second kappa shape index (κ2) is 3.57. The van der Waals surface area contributed by atoms with Crippen molar-refractivity contribution in [2.24, 2.45) is 5.10 Å². The van der Waals surface area contributed by atoms with E-state index in [-0.39, 0.29) is 5.78 Å². The quantitative estimate of drug-likeness (QED) is 0.611. The first-order valence-electron chi connectivity index (χ1n) is 5.22. The summed E-state index contributed by atoms with van der Waals surface area (Å²) >= 11 is 0. The Kier molecular flexibility index (Phi) is 2.07. The SMILES string of the molecule is O=C1CCCc2nc(C3=NNNN3)ccc21. The lowest BCUT2D eigenvalue weighted by Crippen LogP contribution is -2.35. The number of nitrogens with one attached hydrogen (secondary N) is 3. The van der Waals surface area contributed by atoms with Crippen LogP contribution in [0, 0.1) is 0 Å². The molecule has 3 N–H and O–H groups in total. The fourth-order valence-electron chi connectivity index (χ4n) is 1.95. The van der Waals surface area contributed by atoms with Crippen molar-refractivity contribution >= 4 is 11.6 Å². The number of fused-ring (bicyclic) bond motifs is 1. The molecule has 3 rings (SSSR count). The Morgan fingerprint density at radius 3 is 3.00 bits per heavy atom. The van der Waals surface area contributed by atoms with Gasteiger partial charge in [0.25, 0.3) is 0 Å². The van der Waals surface area contributed by atoms with Gasteiger partial charge < -0.3 is 0 Å². The summed E-state index contributed by atoms with van der Waals surface area (Å²) in [7, 11) is 0. The number of aryl methyl sites for hydroxylation is 1. The first kappa shape index (κ1) is 9.29. The first-order valence-corrected chi connectivity index (χ1v) is 5.22. The van der Waals surface area contributed by atoms with Crippen LogP contribution < -0.4 is 16.5 Å². The Morgan fingerprint density at radius 2 is 2.19 bits per heavy atom. The Morgan fingerprint density at radius 1 is 1.25 bits per heavy atom. The predicted molar refractivity (Wildman–Crippen MR) is 57.4 cm³/mol. The molecule has 2 heterocycles. The highest BCUT2D eigenvalue weighted by Gasteiger charge is 2.20. The summed E-state index contributed by atoms with van der Waals surface area (Å²) in [5, 5.41) is 3.97. The minimum Gasteiger partial charge on any atom is -0.294 e. The van der Waals surface area contributed by atoms with E-state index in [9.17, 15) is 4.79 Å². The number of hydrazone groups is 1. The number of nitrogens with zero attached hydrogens (tertiary/aromatic N) is 2. The fraction of sp³-hybridized carbons (Fsp3) is 0.300. The lowest BCUT2D eigenvalue weighted by atomic mass is 9.94. The number of carbonyl (C=O) groups is 1. The van der Waals surface area contributed by atoms with Crippen LogP contribution in [0.1, 0.15) is 34.6 Å². The maximum Gasteiger partial charge on any atom is 0.189 e. The molecule has 1 aromatic rings. The zero-order chi connectivity index (χ0) is 11.0.